The predicted molar refractivity (Wildman–Crippen MR) is 95.6 cm³/mol. The standard InChI is InChI=1S/C17H19N5OS/c1-12-9-15(23)22-17(18-12)24-16(20-22)19-14-7-8-21(11-14)10-13-5-3-2-4-6-13/h2-6,9,14H,7-8,10-11H2,1H3,(H,19,20)/t14-/m1/s1. The molecule has 1 fully saturated rings. The molecule has 3 aromatic rings. The molecule has 1 aromatic carbocycles. The molecule has 0 saturated carbocycles. The first-order chi connectivity index (χ1) is 11.7. The van der Waals surface area contributed by atoms with Crippen molar-refractivity contribution in [3.05, 3.63) is 58.0 Å². The second-order valence-electron chi connectivity index (χ2n) is 6.19. The van der Waals surface area contributed by atoms with Crippen LogP contribution in [-0.4, -0.2) is 38.6 Å². The summed E-state index contributed by atoms with van der Waals surface area (Å²) >= 11 is 1.43. The fourth-order valence-corrected chi connectivity index (χ4v) is 4.02. The lowest BCUT2D eigenvalue weighted by molar-refractivity contribution is 0.328. The molecule has 3 heterocycles. The lowest BCUT2D eigenvalue weighted by Gasteiger charge is -2.16. The second kappa shape index (κ2) is 6.33. The van der Waals surface area contributed by atoms with Crippen molar-refractivity contribution < 1.29 is 0 Å². The third-order valence-electron chi connectivity index (χ3n) is 4.22. The molecule has 124 valence electrons. The SMILES string of the molecule is Cc1cc(=O)n2nc(N[C@@H]3CCN(Cc4ccccc4)C3)sc2n1. The number of aryl methyl sites for hydroxylation is 1. The molecule has 1 aliphatic rings. The maximum absolute atomic E-state index is 11.9. The molecule has 0 amide bonds. The van der Waals surface area contributed by atoms with Gasteiger partial charge in [0, 0.05) is 37.4 Å². The number of anilines is 1. The molecule has 1 aliphatic heterocycles. The van der Waals surface area contributed by atoms with Gasteiger partial charge in [-0.25, -0.2) is 4.98 Å². The van der Waals surface area contributed by atoms with Crippen LogP contribution < -0.4 is 10.9 Å². The molecule has 4 rings (SSSR count). The highest BCUT2D eigenvalue weighted by atomic mass is 32.1. The summed E-state index contributed by atoms with van der Waals surface area (Å²) < 4.78 is 1.37. The molecule has 0 unspecified atom stereocenters. The van der Waals surface area contributed by atoms with E-state index in [1.807, 2.05) is 13.0 Å². The minimum atomic E-state index is -0.126. The number of rotatable bonds is 4. The lowest BCUT2D eigenvalue weighted by Crippen LogP contribution is -2.26. The maximum Gasteiger partial charge on any atom is 0.275 e. The molecule has 1 N–H and O–H groups in total. The van der Waals surface area contributed by atoms with Crippen molar-refractivity contribution in [3.8, 4) is 0 Å². The van der Waals surface area contributed by atoms with Gasteiger partial charge in [0.15, 0.2) is 0 Å². The van der Waals surface area contributed by atoms with Crippen LogP contribution in [0.25, 0.3) is 4.96 Å². The second-order valence-corrected chi connectivity index (χ2v) is 7.14. The van der Waals surface area contributed by atoms with Gasteiger partial charge < -0.3 is 5.32 Å². The number of nitrogens with zero attached hydrogens (tertiary/aromatic N) is 4. The molecule has 7 heteroatoms. The van der Waals surface area contributed by atoms with Crippen molar-refractivity contribution in [2.24, 2.45) is 0 Å². The van der Waals surface area contributed by atoms with E-state index in [-0.39, 0.29) is 5.56 Å². The van der Waals surface area contributed by atoms with Gasteiger partial charge in [0.2, 0.25) is 10.1 Å². The van der Waals surface area contributed by atoms with Gasteiger partial charge in [-0.05, 0) is 18.9 Å². The highest BCUT2D eigenvalue weighted by Crippen LogP contribution is 2.21. The molecular weight excluding hydrogens is 322 g/mol. The summed E-state index contributed by atoms with van der Waals surface area (Å²) in [4.78, 5) is 19.4. The first kappa shape index (κ1) is 15.3. The van der Waals surface area contributed by atoms with Gasteiger partial charge in [0.05, 0.1) is 0 Å². The number of fused-ring (bicyclic) bond motifs is 1. The smallest absolute Gasteiger partial charge is 0.275 e. The van der Waals surface area contributed by atoms with Crippen LogP contribution in [-0.2, 0) is 6.54 Å². The average Bonchev–Trinajstić information content (AvgIpc) is 3.15. The monoisotopic (exact) mass is 341 g/mol. The lowest BCUT2D eigenvalue weighted by atomic mass is 10.2. The fraction of sp³-hybridized carbons (Fsp3) is 0.353. The first-order valence-corrected chi connectivity index (χ1v) is 8.89. The largest absolute Gasteiger partial charge is 0.356 e. The van der Waals surface area contributed by atoms with E-state index in [2.05, 4.69) is 44.6 Å². The van der Waals surface area contributed by atoms with Crippen molar-refractivity contribution in [2.45, 2.75) is 25.9 Å². The van der Waals surface area contributed by atoms with E-state index >= 15 is 0 Å². The van der Waals surface area contributed by atoms with E-state index in [0.717, 1.165) is 36.9 Å². The minimum Gasteiger partial charge on any atom is -0.356 e. The van der Waals surface area contributed by atoms with Gasteiger partial charge in [-0.2, -0.15) is 4.52 Å². The molecule has 0 spiro atoms. The van der Waals surface area contributed by atoms with E-state index in [4.69, 9.17) is 0 Å². The van der Waals surface area contributed by atoms with Gasteiger partial charge in [0.25, 0.3) is 5.56 Å². The summed E-state index contributed by atoms with van der Waals surface area (Å²) in [5, 5.41) is 8.58. The summed E-state index contributed by atoms with van der Waals surface area (Å²) in [6, 6.07) is 12.4. The van der Waals surface area contributed by atoms with Crippen LogP contribution in [0.3, 0.4) is 0 Å². The Morgan fingerprint density at radius 2 is 2.17 bits per heavy atom. The molecule has 0 aliphatic carbocycles. The van der Waals surface area contributed by atoms with Crippen LogP contribution in [0.1, 0.15) is 17.7 Å². The normalized spacial score (nSPS) is 18.3. The van der Waals surface area contributed by atoms with Crippen molar-refractivity contribution >= 4 is 21.4 Å². The third kappa shape index (κ3) is 3.18. The number of likely N-dealkylation sites (tertiary alicyclic amines) is 1. The van der Waals surface area contributed by atoms with E-state index in [9.17, 15) is 4.79 Å². The van der Waals surface area contributed by atoms with Crippen LogP contribution in [0.15, 0.2) is 41.2 Å². The molecule has 6 nitrogen and oxygen atoms in total. The van der Waals surface area contributed by atoms with Crippen LogP contribution in [0.5, 0.6) is 0 Å². The molecular formula is C17H19N5OS. The Kier molecular flexibility index (Phi) is 4.03. The number of benzene rings is 1. The Balaban J connectivity index is 1.43. The zero-order chi connectivity index (χ0) is 16.5. The predicted octanol–water partition coefficient (Wildman–Crippen LogP) is 2.15. The van der Waals surface area contributed by atoms with Crippen molar-refractivity contribution in [3.63, 3.8) is 0 Å². The topological polar surface area (TPSA) is 62.5 Å². The fourth-order valence-electron chi connectivity index (χ4n) is 3.09. The van der Waals surface area contributed by atoms with E-state index in [0.29, 0.717) is 11.0 Å². The van der Waals surface area contributed by atoms with Crippen molar-refractivity contribution in [2.75, 3.05) is 18.4 Å². The van der Waals surface area contributed by atoms with Crippen LogP contribution in [0.4, 0.5) is 5.13 Å². The quantitative estimate of drug-likeness (QED) is 0.788. The Labute approximate surface area is 143 Å². The van der Waals surface area contributed by atoms with Crippen molar-refractivity contribution in [1.29, 1.82) is 0 Å². The Hall–Kier alpha value is -2.25. The maximum atomic E-state index is 11.9. The number of hydrogen-bond acceptors (Lipinski definition) is 6. The van der Waals surface area contributed by atoms with Gasteiger partial charge in [-0.3, -0.25) is 9.69 Å². The first-order valence-electron chi connectivity index (χ1n) is 8.08. The molecule has 24 heavy (non-hydrogen) atoms. The van der Waals surface area contributed by atoms with Crippen LogP contribution in [0, 0.1) is 6.92 Å². The van der Waals surface area contributed by atoms with Gasteiger partial charge in [-0.1, -0.05) is 41.7 Å². The van der Waals surface area contributed by atoms with Gasteiger partial charge in [-0.15, -0.1) is 5.10 Å². The summed E-state index contributed by atoms with van der Waals surface area (Å²) in [5.74, 6) is 0. The molecule has 2 aromatic heterocycles. The Morgan fingerprint density at radius 3 is 3.00 bits per heavy atom. The summed E-state index contributed by atoms with van der Waals surface area (Å²) in [5.41, 5.74) is 1.94. The number of nitrogens with one attached hydrogen (secondary N) is 1. The van der Waals surface area contributed by atoms with Gasteiger partial charge >= 0.3 is 0 Å². The molecule has 0 bridgehead atoms. The third-order valence-corrected chi connectivity index (χ3v) is 5.06. The Bertz CT molecular complexity index is 904. The highest BCUT2D eigenvalue weighted by Gasteiger charge is 2.23. The molecule has 0 radical (unpaired) electrons. The number of aromatic nitrogens is 3. The van der Waals surface area contributed by atoms with E-state index in [1.165, 1.54) is 27.5 Å². The molecule has 1 atom stereocenters. The van der Waals surface area contributed by atoms with Crippen molar-refractivity contribution in [1.82, 2.24) is 19.5 Å². The van der Waals surface area contributed by atoms with Crippen LogP contribution in [0.2, 0.25) is 0 Å². The average molecular weight is 341 g/mol. The highest BCUT2D eigenvalue weighted by molar-refractivity contribution is 7.20. The number of hydrogen-bond donors (Lipinski definition) is 1. The summed E-state index contributed by atoms with van der Waals surface area (Å²) in [6.45, 7) is 4.84. The minimum absolute atomic E-state index is 0.126. The van der Waals surface area contributed by atoms with E-state index in [1.54, 1.807) is 0 Å². The summed E-state index contributed by atoms with van der Waals surface area (Å²) in [7, 11) is 0. The van der Waals surface area contributed by atoms with E-state index < -0.39 is 0 Å². The molecule has 1 saturated heterocycles. The zero-order valence-corrected chi connectivity index (χ0v) is 14.3. The Morgan fingerprint density at radius 1 is 1.33 bits per heavy atom. The zero-order valence-electron chi connectivity index (χ0n) is 13.5. The summed E-state index contributed by atoms with van der Waals surface area (Å²) in [6.07, 6.45) is 1.07. The van der Waals surface area contributed by atoms with Crippen LogP contribution >= 0.6 is 11.3 Å². The van der Waals surface area contributed by atoms with Gasteiger partial charge in [0.1, 0.15) is 0 Å².